The number of hydrogen-bond acceptors (Lipinski definition) is 5. The molecule has 1 fully saturated rings. The number of methoxy groups -OCH3 is 3. The summed E-state index contributed by atoms with van der Waals surface area (Å²) < 4.78 is 16.5. The molecule has 1 aliphatic rings. The summed E-state index contributed by atoms with van der Waals surface area (Å²) in [5, 5.41) is 0. The SMILES string of the molecule is COc1cc(OC)c(CN2C[C@@H](CN)[C@H](c3ccccc3)C2)c(OC)c1. The first-order valence-corrected chi connectivity index (χ1v) is 8.96. The molecule has 0 spiro atoms. The van der Waals surface area contributed by atoms with E-state index in [2.05, 4.69) is 35.2 Å². The van der Waals surface area contributed by atoms with E-state index in [1.807, 2.05) is 12.1 Å². The number of likely N-dealkylation sites (tertiary alicyclic amines) is 1. The molecule has 5 heteroatoms. The van der Waals surface area contributed by atoms with E-state index in [1.54, 1.807) is 21.3 Å². The molecular formula is C21H28N2O3. The van der Waals surface area contributed by atoms with Crippen LogP contribution in [0.2, 0.25) is 0 Å². The van der Waals surface area contributed by atoms with Gasteiger partial charge in [-0.2, -0.15) is 0 Å². The number of nitrogens with zero attached hydrogens (tertiary/aromatic N) is 1. The Morgan fingerprint density at radius 3 is 2.15 bits per heavy atom. The summed E-state index contributed by atoms with van der Waals surface area (Å²) in [5.41, 5.74) is 8.48. The standard InChI is InChI=1S/C21H28N2O3/c1-24-17-9-20(25-2)19(21(10-17)26-3)14-23-12-16(11-22)18(13-23)15-7-5-4-6-8-15/h4-10,16,18H,11-14,22H2,1-3H3/t16-,18+/m1/s1. The van der Waals surface area contributed by atoms with Crippen LogP contribution in [-0.2, 0) is 6.54 Å². The predicted molar refractivity (Wildman–Crippen MR) is 103 cm³/mol. The Kier molecular flexibility index (Phi) is 6.01. The molecule has 0 radical (unpaired) electrons. The molecule has 2 aromatic carbocycles. The molecule has 1 aliphatic heterocycles. The lowest BCUT2D eigenvalue weighted by atomic mass is 9.89. The van der Waals surface area contributed by atoms with Gasteiger partial charge in [0, 0.05) is 37.7 Å². The summed E-state index contributed by atoms with van der Waals surface area (Å²) in [7, 11) is 5.00. The summed E-state index contributed by atoms with van der Waals surface area (Å²) in [4.78, 5) is 2.43. The number of hydrogen-bond donors (Lipinski definition) is 1. The topological polar surface area (TPSA) is 57.0 Å². The van der Waals surface area contributed by atoms with Crippen LogP contribution < -0.4 is 19.9 Å². The van der Waals surface area contributed by atoms with Crippen molar-refractivity contribution in [2.45, 2.75) is 12.5 Å². The zero-order valence-corrected chi connectivity index (χ0v) is 15.8. The highest BCUT2D eigenvalue weighted by Crippen LogP contribution is 2.38. The Morgan fingerprint density at radius 2 is 1.62 bits per heavy atom. The van der Waals surface area contributed by atoms with Crippen LogP contribution >= 0.6 is 0 Å². The summed E-state index contributed by atoms with van der Waals surface area (Å²) in [5.74, 6) is 3.21. The van der Waals surface area contributed by atoms with Crippen LogP contribution in [-0.4, -0.2) is 45.9 Å². The molecule has 5 nitrogen and oxygen atoms in total. The summed E-state index contributed by atoms with van der Waals surface area (Å²) in [6, 6.07) is 14.5. The number of benzene rings is 2. The van der Waals surface area contributed by atoms with Crippen molar-refractivity contribution in [2.75, 3.05) is 41.0 Å². The second-order valence-electron chi connectivity index (χ2n) is 6.72. The van der Waals surface area contributed by atoms with Crippen LogP contribution in [0.25, 0.3) is 0 Å². The zero-order valence-electron chi connectivity index (χ0n) is 15.8. The monoisotopic (exact) mass is 356 g/mol. The Labute approximate surface area is 155 Å². The van der Waals surface area contributed by atoms with E-state index < -0.39 is 0 Å². The van der Waals surface area contributed by atoms with Crippen LogP contribution in [0.15, 0.2) is 42.5 Å². The molecule has 2 atom stereocenters. The van der Waals surface area contributed by atoms with Gasteiger partial charge in [-0.05, 0) is 18.0 Å². The van der Waals surface area contributed by atoms with E-state index in [-0.39, 0.29) is 0 Å². The maximum absolute atomic E-state index is 6.07. The molecule has 0 saturated carbocycles. The van der Waals surface area contributed by atoms with Crippen molar-refractivity contribution in [3.8, 4) is 17.2 Å². The number of nitrogens with two attached hydrogens (primary N) is 1. The second kappa shape index (κ2) is 8.43. The lowest BCUT2D eigenvalue weighted by Crippen LogP contribution is -2.23. The number of rotatable bonds is 7. The summed E-state index contributed by atoms with van der Waals surface area (Å²) in [6.07, 6.45) is 0. The molecule has 1 heterocycles. The number of ether oxygens (including phenoxy) is 3. The van der Waals surface area contributed by atoms with Crippen molar-refractivity contribution in [3.63, 3.8) is 0 Å². The third-order valence-electron chi connectivity index (χ3n) is 5.25. The maximum atomic E-state index is 6.07. The van der Waals surface area contributed by atoms with Crippen molar-refractivity contribution in [1.29, 1.82) is 0 Å². The van der Waals surface area contributed by atoms with E-state index in [9.17, 15) is 0 Å². The van der Waals surface area contributed by atoms with Gasteiger partial charge in [0.15, 0.2) is 0 Å². The molecule has 0 unspecified atom stereocenters. The van der Waals surface area contributed by atoms with Crippen LogP contribution in [0, 0.1) is 5.92 Å². The smallest absolute Gasteiger partial charge is 0.130 e. The van der Waals surface area contributed by atoms with Gasteiger partial charge in [0.1, 0.15) is 17.2 Å². The molecule has 0 amide bonds. The molecule has 1 saturated heterocycles. The van der Waals surface area contributed by atoms with Crippen LogP contribution in [0.5, 0.6) is 17.2 Å². The molecule has 0 aliphatic carbocycles. The van der Waals surface area contributed by atoms with E-state index >= 15 is 0 Å². The Morgan fingerprint density at radius 1 is 0.962 bits per heavy atom. The first-order valence-electron chi connectivity index (χ1n) is 8.96. The van der Waals surface area contributed by atoms with Gasteiger partial charge >= 0.3 is 0 Å². The highest BCUT2D eigenvalue weighted by molar-refractivity contribution is 5.50. The molecule has 2 N–H and O–H groups in total. The first kappa shape index (κ1) is 18.5. The summed E-state index contributed by atoms with van der Waals surface area (Å²) >= 11 is 0. The highest BCUT2D eigenvalue weighted by atomic mass is 16.5. The van der Waals surface area contributed by atoms with E-state index in [0.717, 1.165) is 42.4 Å². The first-order chi connectivity index (χ1) is 12.7. The normalized spacial score (nSPS) is 20.2. The molecular weight excluding hydrogens is 328 g/mol. The fourth-order valence-corrected chi connectivity index (χ4v) is 3.86. The van der Waals surface area contributed by atoms with E-state index in [0.29, 0.717) is 18.4 Å². The Hall–Kier alpha value is -2.24. The minimum atomic E-state index is 0.452. The van der Waals surface area contributed by atoms with Crippen molar-refractivity contribution in [2.24, 2.45) is 11.7 Å². The minimum absolute atomic E-state index is 0.452. The predicted octanol–water partition coefficient (Wildman–Crippen LogP) is 2.89. The van der Waals surface area contributed by atoms with E-state index in [1.165, 1.54) is 5.56 Å². The lowest BCUT2D eigenvalue weighted by Gasteiger charge is -2.21. The zero-order chi connectivity index (χ0) is 18.5. The third-order valence-corrected chi connectivity index (χ3v) is 5.25. The third kappa shape index (κ3) is 3.79. The largest absolute Gasteiger partial charge is 0.496 e. The molecule has 3 rings (SSSR count). The van der Waals surface area contributed by atoms with Gasteiger partial charge in [-0.3, -0.25) is 4.90 Å². The van der Waals surface area contributed by atoms with Crippen molar-refractivity contribution in [3.05, 3.63) is 53.6 Å². The lowest BCUT2D eigenvalue weighted by molar-refractivity contribution is 0.297. The van der Waals surface area contributed by atoms with Crippen LogP contribution in [0.1, 0.15) is 17.0 Å². The van der Waals surface area contributed by atoms with Crippen LogP contribution in [0.3, 0.4) is 0 Å². The van der Waals surface area contributed by atoms with Gasteiger partial charge in [-0.25, -0.2) is 0 Å². The maximum Gasteiger partial charge on any atom is 0.130 e. The average Bonchev–Trinajstić information content (AvgIpc) is 3.11. The van der Waals surface area contributed by atoms with Gasteiger partial charge in [0.2, 0.25) is 0 Å². The molecule has 2 aromatic rings. The van der Waals surface area contributed by atoms with Gasteiger partial charge in [0.05, 0.1) is 26.9 Å². The van der Waals surface area contributed by atoms with Gasteiger partial charge in [-0.15, -0.1) is 0 Å². The van der Waals surface area contributed by atoms with Crippen LogP contribution in [0.4, 0.5) is 0 Å². The molecule has 0 bridgehead atoms. The second-order valence-corrected chi connectivity index (χ2v) is 6.72. The average molecular weight is 356 g/mol. The van der Waals surface area contributed by atoms with Gasteiger partial charge in [0.25, 0.3) is 0 Å². The molecule has 0 aromatic heterocycles. The van der Waals surface area contributed by atoms with E-state index in [4.69, 9.17) is 19.9 Å². The van der Waals surface area contributed by atoms with Gasteiger partial charge in [-0.1, -0.05) is 30.3 Å². The highest BCUT2D eigenvalue weighted by Gasteiger charge is 2.33. The Balaban J connectivity index is 1.83. The van der Waals surface area contributed by atoms with Crippen molar-refractivity contribution >= 4 is 0 Å². The molecule has 140 valence electrons. The summed E-state index contributed by atoms with van der Waals surface area (Å²) in [6.45, 7) is 3.39. The van der Waals surface area contributed by atoms with Gasteiger partial charge < -0.3 is 19.9 Å². The fraction of sp³-hybridized carbons (Fsp3) is 0.429. The molecule has 26 heavy (non-hydrogen) atoms. The minimum Gasteiger partial charge on any atom is -0.496 e. The van der Waals surface area contributed by atoms with Crippen molar-refractivity contribution < 1.29 is 14.2 Å². The van der Waals surface area contributed by atoms with Crippen molar-refractivity contribution in [1.82, 2.24) is 4.90 Å². The fourth-order valence-electron chi connectivity index (χ4n) is 3.86. The quantitative estimate of drug-likeness (QED) is 0.827. The Bertz CT molecular complexity index is 695.